The number of imidazole rings is 1. The van der Waals surface area contributed by atoms with Gasteiger partial charge >= 0.3 is 0 Å². The molecule has 0 aliphatic rings. The summed E-state index contributed by atoms with van der Waals surface area (Å²) >= 11 is 1.33. The quantitative estimate of drug-likeness (QED) is 0.280. The highest BCUT2D eigenvalue weighted by atomic mass is 32.2. The van der Waals surface area contributed by atoms with E-state index in [4.69, 9.17) is 4.98 Å². The monoisotopic (exact) mass is 463 g/mol. The van der Waals surface area contributed by atoms with Crippen LogP contribution in [0.15, 0.2) is 90.1 Å². The summed E-state index contributed by atoms with van der Waals surface area (Å²) in [5, 5.41) is 0.659. The van der Waals surface area contributed by atoms with Gasteiger partial charge in [-0.25, -0.2) is 13.4 Å². The van der Waals surface area contributed by atoms with Gasteiger partial charge in [0.1, 0.15) is 0 Å². The van der Waals surface area contributed by atoms with E-state index in [0.717, 1.165) is 28.8 Å². The maximum atomic E-state index is 12.6. The summed E-state index contributed by atoms with van der Waals surface area (Å²) in [7, 11) is -3.36. The fourth-order valence-electron chi connectivity index (χ4n) is 3.19. The number of nitrogens with one attached hydrogen (secondary N) is 2. The van der Waals surface area contributed by atoms with Crippen LogP contribution in [0.5, 0.6) is 0 Å². The molecule has 8 heteroatoms. The maximum absolute atomic E-state index is 12.6. The van der Waals surface area contributed by atoms with Gasteiger partial charge in [0.15, 0.2) is 10.9 Å². The summed E-state index contributed by atoms with van der Waals surface area (Å²) in [6.07, 6.45) is 1.08. The lowest BCUT2D eigenvalue weighted by Crippen LogP contribution is -2.10. The molecule has 32 heavy (non-hydrogen) atoms. The molecule has 1 aromatic heterocycles. The van der Waals surface area contributed by atoms with E-state index >= 15 is 0 Å². The number of carbonyl (C=O) groups excluding carboxylic acids is 1. The molecular weight excluding hydrogens is 442 g/mol. The Balaban J connectivity index is 1.52. The number of thioether (sulfide) groups is 1. The van der Waals surface area contributed by atoms with Gasteiger partial charge in [-0.05, 0) is 24.3 Å². The molecule has 162 valence electrons. The first-order valence-corrected chi connectivity index (χ1v) is 12.7. The predicted molar refractivity (Wildman–Crippen MR) is 129 cm³/mol. The third kappa shape index (κ3) is 5.46. The molecule has 0 spiro atoms. The van der Waals surface area contributed by atoms with Crippen molar-refractivity contribution >= 4 is 33.3 Å². The molecule has 0 amide bonds. The molecule has 0 atom stereocenters. The van der Waals surface area contributed by atoms with E-state index in [1.165, 1.54) is 11.8 Å². The van der Waals surface area contributed by atoms with Crippen LogP contribution in [-0.2, 0) is 10.0 Å². The van der Waals surface area contributed by atoms with Crippen molar-refractivity contribution in [2.24, 2.45) is 0 Å². The third-order valence-corrected chi connectivity index (χ3v) is 6.12. The SMILES string of the molecule is CS(=O)(=O)Nc1ccc(C(=O)CSc2nc(-c3ccccc3)c(-c3ccccc3)[nH]2)cc1. The number of hydrogen-bond donors (Lipinski definition) is 2. The minimum Gasteiger partial charge on any atom is -0.332 e. The number of ketones is 1. The van der Waals surface area contributed by atoms with Gasteiger partial charge in [-0.2, -0.15) is 0 Å². The minimum absolute atomic E-state index is 0.0696. The topological polar surface area (TPSA) is 91.9 Å². The molecule has 0 saturated carbocycles. The Labute approximate surface area is 191 Å². The number of aromatic amines is 1. The zero-order chi connectivity index (χ0) is 22.6. The maximum Gasteiger partial charge on any atom is 0.229 e. The molecule has 6 nitrogen and oxygen atoms in total. The molecule has 4 rings (SSSR count). The van der Waals surface area contributed by atoms with Gasteiger partial charge in [0.2, 0.25) is 10.0 Å². The van der Waals surface area contributed by atoms with Crippen LogP contribution in [0.25, 0.3) is 22.5 Å². The summed E-state index contributed by atoms with van der Waals surface area (Å²) in [6, 6.07) is 26.3. The number of Topliss-reactive ketones (excluding diaryl/α,β-unsaturated/α-hetero) is 1. The molecule has 0 radical (unpaired) electrons. The van der Waals surface area contributed by atoms with Crippen LogP contribution in [0.2, 0.25) is 0 Å². The van der Waals surface area contributed by atoms with Gasteiger partial charge < -0.3 is 4.98 Å². The molecule has 1 heterocycles. The Morgan fingerprint density at radius 1 is 0.906 bits per heavy atom. The van der Waals surface area contributed by atoms with E-state index in [1.54, 1.807) is 24.3 Å². The highest BCUT2D eigenvalue weighted by Crippen LogP contribution is 2.32. The van der Waals surface area contributed by atoms with Crippen LogP contribution in [0.4, 0.5) is 5.69 Å². The van der Waals surface area contributed by atoms with Crippen molar-refractivity contribution in [1.82, 2.24) is 9.97 Å². The fraction of sp³-hybridized carbons (Fsp3) is 0.0833. The van der Waals surface area contributed by atoms with Crippen LogP contribution >= 0.6 is 11.8 Å². The van der Waals surface area contributed by atoms with Crippen LogP contribution in [0, 0.1) is 0 Å². The predicted octanol–water partition coefficient (Wildman–Crippen LogP) is 5.09. The van der Waals surface area contributed by atoms with Crippen molar-refractivity contribution in [3.8, 4) is 22.5 Å². The smallest absolute Gasteiger partial charge is 0.229 e. The molecule has 0 aliphatic carbocycles. The lowest BCUT2D eigenvalue weighted by molar-refractivity contribution is 0.102. The lowest BCUT2D eigenvalue weighted by Gasteiger charge is -2.05. The van der Waals surface area contributed by atoms with Crippen molar-refractivity contribution in [1.29, 1.82) is 0 Å². The van der Waals surface area contributed by atoms with Gasteiger partial charge in [0, 0.05) is 22.4 Å². The Kier molecular flexibility index (Phi) is 6.43. The van der Waals surface area contributed by atoms with Gasteiger partial charge in [-0.3, -0.25) is 9.52 Å². The minimum atomic E-state index is -3.36. The number of aromatic nitrogens is 2. The molecule has 3 aromatic carbocycles. The van der Waals surface area contributed by atoms with Crippen molar-refractivity contribution in [2.45, 2.75) is 5.16 Å². The van der Waals surface area contributed by atoms with Crippen LogP contribution in [-0.4, -0.2) is 36.2 Å². The molecule has 0 aliphatic heterocycles. The number of sulfonamides is 1. The third-order valence-electron chi connectivity index (χ3n) is 4.64. The number of H-pyrrole nitrogens is 1. The van der Waals surface area contributed by atoms with Gasteiger partial charge in [0.05, 0.1) is 23.4 Å². The highest BCUT2D eigenvalue weighted by Gasteiger charge is 2.16. The fourth-order valence-corrected chi connectivity index (χ4v) is 4.52. The average molecular weight is 464 g/mol. The van der Waals surface area contributed by atoms with Gasteiger partial charge in [-0.1, -0.05) is 72.4 Å². The first-order valence-electron chi connectivity index (χ1n) is 9.84. The zero-order valence-electron chi connectivity index (χ0n) is 17.3. The first-order chi connectivity index (χ1) is 15.4. The van der Waals surface area contributed by atoms with E-state index in [9.17, 15) is 13.2 Å². The molecule has 4 aromatic rings. The second kappa shape index (κ2) is 9.42. The van der Waals surface area contributed by atoms with Gasteiger partial charge in [-0.15, -0.1) is 0 Å². The van der Waals surface area contributed by atoms with Crippen molar-refractivity contribution in [3.05, 3.63) is 90.5 Å². The number of hydrogen-bond acceptors (Lipinski definition) is 5. The van der Waals surface area contributed by atoms with E-state index in [0.29, 0.717) is 16.4 Å². The second-order valence-corrected chi connectivity index (χ2v) is 9.87. The average Bonchev–Trinajstić information content (AvgIpc) is 3.22. The lowest BCUT2D eigenvalue weighted by atomic mass is 10.1. The standard InChI is InChI=1S/C24H21N3O3S2/c1-32(29,30)27-20-14-12-17(13-15-20)21(28)16-31-24-25-22(18-8-4-2-5-9-18)23(26-24)19-10-6-3-7-11-19/h2-15,27H,16H2,1H3,(H,25,26). The van der Waals surface area contributed by atoms with E-state index in [-0.39, 0.29) is 11.5 Å². The number of benzene rings is 3. The highest BCUT2D eigenvalue weighted by molar-refractivity contribution is 7.99. The Bertz CT molecular complexity index is 1260. The Hall–Kier alpha value is -3.36. The zero-order valence-corrected chi connectivity index (χ0v) is 18.9. The van der Waals surface area contributed by atoms with Crippen molar-refractivity contribution in [3.63, 3.8) is 0 Å². The normalized spacial score (nSPS) is 11.3. The number of nitrogens with zero attached hydrogens (tertiary/aromatic N) is 1. The van der Waals surface area contributed by atoms with E-state index in [1.807, 2.05) is 60.7 Å². The molecule has 0 bridgehead atoms. The van der Waals surface area contributed by atoms with Crippen molar-refractivity contribution in [2.75, 3.05) is 16.7 Å². The molecule has 0 unspecified atom stereocenters. The van der Waals surface area contributed by atoms with Crippen LogP contribution in [0.1, 0.15) is 10.4 Å². The molecule has 0 fully saturated rings. The largest absolute Gasteiger partial charge is 0.332 e. The molecular formula is C24H21N3O3S2. The molecule has 2 N–H and O–H groups in total. The van der Waals surface area contributed by atoms with Crippen LogP contribution < -0.4 is 4.72 Å². The van der Waals surface area contributed by atoms with Crippen LogP contribution in [0.3, 0.4) is 0 Å². The summed E-state index contributed by atoms with van der Waals surface area (Å²) < 4.78 is 25.0. The number of rotatable bonds is 8. The van der Waals surface area contributed by atoms with E-state index < -0.39 is 10.0 Å². The summed E-state index contributed by atoms with van der Waals surface area (Å²) in [5.74, 6) is 0.134. The number of carbonyl (C=O) groups is 1. The van der Waals surface area contributed by atoms with Gasteiger partial charge in [0.25, 0.3) is 0 Å². The Morgan fingerprint density at radius 3 is 2.09 bits per heavy atom. The summed E-state index contributed by atoms with van der Waals surface area (Å²) in [4.78, 5) is 20.8. The molecule has 0 saturated heterocycles. The Morgan fingerprint density at radius 2 is 1.50 bits per heavy atom. The van der Waals surface area contributed by atoms with E-state index in [2.05, 4.69) is 9.71 Å². The first kappa shape index (κ1) is 21.9. The number of anilines is 1. The van der Waals surface area contributed by atoms with Crippen molar-refractivity contribution < 1.29 is 13.2 Å². The summed E-state index contributed by atoms with van der Waals surface area (Å²) in [6.45, 7) is 0. The summed E-state index contributed by atoms with van der Waals surface area (Å²) in [5.41, 5.74) is 4.68. The second-order valence-electron chi connectivity index (χ2n) is 7.16.